The van der Waals surface area contributed by atoms with Gasteiger partial charge in [-0.15, -0.1) is 0 Å². The Kier molecular flexibility index (Phi) is 11.4. The number of hydrogen-bond acceptors (Lipinski definition) is 6. The maximum absolute atomic E-state index is 13.9. The third kappa shape index (κ3) is 8.03. The van der Waals surface area contributed by atoms with E-state index in [4.69, 9.17) is 4.74 Å². The van der Waals surface area contributed by atoms with Crippen molar-refractivity contribution in [3.05, 3.63) is 41.5 Å². The van der Waals surface area contributed by atoms with Gasteiger partial charge >= 0.3 is 0 Å². The quantitative estimate of drug-likeness (QED) is 0.483. The molecule has 1 aromatic carbocycles. The van der Waals surface area contributed by atoms with Gasteiger partial charge in [-0.25, -0.2) is 5.43 Å². The highest BCUT2D eigenvalue weighted by Crippen LogP contribution is 2.33. The molecule has 4 rings (SSSR count). The number of amides is 4. The summed E-state index contributed by atoms with van der Waals surface area (Å²) in [4.78, 5) is 55.9. The Bertz CT molecular complexity index is 1190. The molecular weight excluding hydrogens is 546 g/mol. The van der Waals surface area contributed by atoms with Gasteiger partial charge in [-0.3, -0.25) is 24.2 Å². The summed E-state index contributed by atoms with van der Waals surface area (Å²) in [5, 5.41) is 7.17. The number of methoxy groups -OCH3 is 1. The largest absolute Gasteiger partial charge is 0.381 e. The standard InChI is InChI=1S/C33H49N5O5/c1-21(2)29-31(40)34-23(4)32(41)38-19-11-15-26(36-38)33(42)37-18-9-8-16-27(37)25-14-10-13-24(20-25)12-6-7-17-28(43-5)22(3)30(39)35-29/h6,10,12-14,20-23,26-29,36H,7-9,11,15-19H2,1-5H3,(H,34,40)(H,35,39)/t22?,23?,26?,27-,28?,29?/m1/s1. The molecule has 10 nitrogen and oxygen atoms in total. The van der Waals surface area contributed by atoms with E-state index in [2.05, 4.69) is 46.4 Å². The fourth-order valence-corrected chi connectivity index (χ4v) is 6.37. The number of benzene rings is 1. The first-order chi connectivity index (χ1) is 20.6. The number of nitrogens with one attached hydrogen (secondary N) is 3. The minimum atomic E-state index is -0.841. The highest BCUT2D eigenvalue weighted by Gasteiger charge is 2.37. The Morgan fingerprint density at radius 2 is 1.70 bits per heavy atom. The normalized spacial score (nSPS) is 30.2. The van der Waals surface area contributed by atoms with E-state index in [1.807, 2.05) is 31.7 Å². The predicted octanol–water partition coefficient (Wildman–Crippen LogP) is 3.34. The average Bonchev–Trinajstić information content (AvgIpc) is 3.02. The highest BCUT2D eigenvalue weighted by atomic mass is 16.5. The van der Waals surface area contributed by atoms with Crippen molar-refractivity contribution in [2.45, 2.75) is 103 Å². The summed E-state index contributed by atoms with van der Waals surface area (Å²) in [5.41, 5.74) is 5.35. The van der Waals surface area contributed by atoms with Gasteiger partial charge in [0.15, 0.2) is 0 Å². The maximum atomic E-state index is 13.9. The molecule has 2 fully saturated rings. The topological polar surface area (TPSA) is 120 Å². The van der Waals surface area contributed by atoms with Gasteiger partial charge < -0.3 is 20.3 Å². The number of rotatable bonds is 2. The smallest absolute Gasteiger partial charge is 0.258 e. The molecule has 0 aromatic heterocycles. The lowest BCUT2D eigenvalue weighted by atomic mass is 9.92. The van der Waals surface area contributed by atoms with Crippen LogP contribution in [0.2, 0.25) is 0 Å². The van der Waals surface area contributed by atoms with Crippen molar-refractivity contribution in [3.63, 3.8) is 0 Å². The Morgan fingerprint density at radius 3 is 2.44 bits per heavy atom. The molecule has 1 aromatic rings. The lowest BCUT2D eigenvalue weighted by molar-refractivity contribution is -0.147. The number of nitrogens with zero attached hydrogens (tertiary/aromatic N) is 2. The zero-order valence-corrected chi connectivity index (χ0v) is 26.3. The molecular formula is C33H49N5O5. The van der Waals surface area contributed by atoms with Crippen molar-refractivity contribution >= 4 is 29.7 Å². The van der Waals surface area contributed by atoms with Crippen molar-refractivity contribution in [2.24, 2.45) is 11.8 Å². The van der Waals surface area contributed by atoms with Crippen LogP contribution in [0.25, 0.3) is 6.08 Å². The summed E-state index contributed by atoms with van der Waals surface area (Å²) >= 11 is 0. The van der Waals surface area contributed by atoms with Crippen LogP contribution in [0, 0.1) is 11.8 Å². The molecule has 3 aliphatic heterocycles. The summed E-state index contributed by atoms with van der Waals surface area (Å²) in [5.74, 6) is -1.67. The van der Waals surface area contributed by atoms with Gasteiger partial charge in [0.1, 0.15) is 18.1 Å². The van der Waals surface area contributed by atoms with Crippen molar-refractivity contribution in [1.29, 1.82) is 0 Å². The first kappa shape index (κ1) is 32.7. The van der Waals surface area contributed by atoms with Crippen LogP contribution in [0.3, 0.4) is 0 Å². The number of hydrogen-bond donors (Lipinski definition) is 3. The van der Waals surface area contributed by atoms with E-state index in [1.165, 1.54) is 5.01 Å². The summed E-state index contributed by atoms with van der Waals surface area (Å²) < 4.78 is 5.69. The number of carbonyl (C=O) groups excluding carboxylic acids is 4. The molecule has 3 aliphatic rings. The molecule has 3 heterocycles. The Morgan fingerprint density at radius 1 is 0.907 bits per heavy atom. The number of hydrazine groups is 1. The molecule has 0 saturated carbocycles. The van der Waals surface area contributed by atoms with Crippen LogP contribution in [-0.4, -0.2) is 78.0 Å². The first-order valence-electron chi connectivity index (χ1n) is 15.9. The van der Waals surface area contributed by atoms with E-state index >= 15 is 0 Å². The van der Waals surface area contributed by atoms with Crippen molar-refractivity contribution in [2.75, 3.05) is 20.2 Å². The van der Waals surface area contributed by atoms with Gasteiger partial charge in [-0.1, -0.05) is 51.1 Å². The predicted molar refractivity (Wildman–Crippen MR) is 165 cm³/mol. The van der Waals surface area contributed by atoms with E-state index in [1.54, 1.807) is 14.0 Å². The zero-order chi connectivity index (χ0) is 31.1. The molecule has 0 aliphatic carbocycles. The van der Waals surface area contributed by atoms with Gasteiger partial charge in [-0.2, -0.15) is 0 Å². The van der Waals surface area contributed by atoms with Crippen molar-refractivity contribution in [3.8, 4) is 0 Å². The van der Waals surface area contributed by atoms with Crippen LogP contribution in [-0.2, 0) is 23.9 Å². The maximum Gasteiger partial charge on any atom is 0.258 e. The molecule has 10 heteroatoms. The highest BCUT2D eigenvalue weighted by molar-refractivity contribution is 5.92. The summed E-state index contributed by atoms with van der Waals surface area (Å²) in [6.07, 6.45) is 9.41. The van der Waals surface area contributed by atoms with Gasteiger partial charge in [-0.05, 0) is 75.0 Å². The van der Waals surface area contributed by atoms with Gasteiger partial charge in [0.05, 0.1) is 18.1 Å². The summed E-state index contributed by atoms with van der Waals surface area (Å²) in [7, 11) is 1.60. The number of ether oxygens (including phenoxy) is 1. The first-order valence-corrected chi connectivity index (χ1v) is 15.9. The Balaban J connectivity index is 1.63. The van der Waals surface area contributed by atoms with E-state index in [0.29, 0.717) is 38.8 Å². The number of carbonyl (C=O) groups is 4. The molecule has 5 unspecified atom stereocenters. The minimum Gasteiger partial charge on any atom is -0.381 e. The van der Waals surface area contributed by atoms with E-state index in [0.717, 1.165) is 30.4 Å². The zero-order valence-electron chi connectivity index (χ0n) is 26.3. The fraction of sp³-hybridized carbons (Fsp3) is 0.636. The van der Waals surface area contributed by atoms with Crippen LogP contribution in [0.1, 0.15) is 89.8 Å². The average molecular weight is 596 g/mol. The van der Waals surface area contributed by atoms with Gasteiger partial charge in [0.25, 0.3) is 5.91 Å². The van der Waals surface area contributed by atoms with Crippen molar-refractivity contribution in [1.82, 2.24) is 26.0 Å². The van der Waals surface area contributed by atoms with Crippen LogP contribution in [0.5, 0.6) is 0 Å². The third-order valence-corrected chi connectivity index (χ3v) is 9.01. The summed E-state index contributed by atoms with van der Waals surface area (Å²) in [6.45, 7) is 8.29. The van der Waals surface area contributed by atoms with Crippen LogP contribution in [0.15, 0.2) is 30.3 Å². The van der Waals surface area contributed by atoms with Gasteiger partial charge in [0, 0.05) is 20.2 Å². The van der Waals surface area contributed by atoms with Crippen LogP contribution < -0.4 is 16.1 Å². The lowest BCUT2D eigenvalue weighted by Gasteiger charge is -2.41. The number of piperidine rings is 1. The van der Waals surface area contributed by atoms with E-state index < -0.39 is 30.0 Å². The fourth-order valence-electron chi connectivity index (χ4n) is 6.37. The van der Waals surface area contributed by atoms with Crippen LogP contribution >= 0.6 is 0 Å². The lowest BCUT2D eigenvalue weighted by Crippen LogP contribution is -2.62. The molecule has 4 bridgehead atoms. The minimum absolute atomic E-state index is 0.00397. The molecule has 43 heavy (non-hydrogen) atoms. The van der Waals surface area contributed by atoms with E-state index in [-0.39, 0.29) is 35.8 Å². The second kappa shape index (κ2) is 15.0. The van der Waals surface area contributed by atoms with Crippen molar-refractivity contribution < 1.29 is 23.9 Å². The number of fused-ring (bicyclic) bond motifs is 6. The monoisotopic (exact) mass is 595 g/mol. The van der Waals surface area contributed by atoms with Gasteiger partial charge in [0.2, 0.25) is 17.7 Å². The van der Waals surface area contributed by atoms with E-state index in [9.17, 15) is 19.2 Å². The number of allylic oxidation sites excluding steroid dienone is 1. The summed E-state index contributed by atoms with van der Waals surface area (Å²) in [6, 6.07) is 6.15. The molecule has 4 amide bonds. The second-order valence-corrected chi connectivity index (χ2v) is 12.5. The van der Waals surface area contributed by atoms with Crippen LogP contribution in [0.4, 0.5) is 0 Å². The Hall–Kier alpha value is -3.24. The molecule has 2 saturated heterocycles. The SMILES string of the molecule is COC1CCC=Cc2cccc(c2)[C@H]2CCCCN2C(=O)C2CCCN(N2)C(=O)C(C)NC(=O)C(C(C)C)NC(=O)C1C. The third-order valence-electron chi connectivity index (χ3n) is 9.01. The second-order valence-electron chi connectivity index (χ2n) is 12.5. The molecule has 0 spiro atoms. The Labute approximate surface area is 255 Å². The molecule has 6 atom stereocenters. The molecule has 236 valence electrons. The molecule has 3 N–H and O–H groups in total. The molecule has 0 radical (unpaired) electrons.